The highest BCUT2D eigenvalue weighted by Crippen LogP contribution is 2.23. The zero-order valence-corrected chi connectivity index (χ0v) is 17.1. The minimum atomic E-state index is -0.352. The first-order valence-corrected chi connectivity index (χ1v) is 9.87. The number of hydrogen-bond donors (Lipinski definition) is 2. The molecule has 2 aromatic carbocycles. The highest BCUT2D eigenvalue weighted by Gasteiger charge is 2.08. The summed E-state index contributed by atoms with van der Waals surface area (Å²) < 4.78 is 4.79. The number of nitrogens with one attached hydrogen (secondary N) is 2. The van der Waals surface area contributed by atoms with Gasteiger partial charge in [-0.15, -0.1) is 0 Å². The maximum Gasteiger partial charge on any atom is 0.337 e. The molecule has 3 rings (SSSR count). The molecule has 0 radical (unpaired) electrons. The van der Waals surface area contributed by atoms with Gasteiger partial charge in [0.05, 0.1) is 18.4 Å². The summed E-state index contributed by atoms with van der Waals surface area (Å²) in [5.41, 5.74) is 4.22. The molecule has 0 aliphatic carbocycles. The van der Waals surface area contributed by atoms with Gasteiger partial charge in [0.1, 0.15) is 5.82 Å². The molecule has 0 saturated carbocycles. The first kappa shape index (κ1) is 21.0. The zero-order valence-electron chi connectivity index (χ0n) is 17.1. The number of ether oxygens (including phenoxy) is 1. The molecule has 0 saturated heterocycles. The lowest BCUT2D eigenvalue weighted by Crippen LogP contribution is -2.13. The van der Waals surface area contributed by atoms with Crippen LogP contribution in [0.2, 0.25) is 0 Å². The van der Waals surface area contributed by atoms with E-state index in [0.29, 0.717) is 30.0 Å². The number of esters is 1. The van der Waals surface area contributed by atoms with Gasteiger partial charge < -0.3 is 15.4 Å². The van der Waals surface area contributed by atoms with Crippen molar-refractivity contribution >= 4 is 23.4 Å². The number of pyridine rings is 1. The van der Waals surface area contributed by atoms with Crippen molar-refractivity contribution in [2.75, 3.05) is 17.7 Å². The van der Waals surface area contributed by atoms with Crippen molar-refractivity contribution in [3.63, 3.8) is 0 Å². The van der Waals surface area contributed by atoms with Crippen LogP contribution in [0.3, 0.4) is 0 Å². The Hall–Kier alpha value is -3.67. The highest BCUT2D eigenvalue weighted by molar-refractivity contribution is 5.93. The van der Waals surface area contributed by atoms with Crippen LogP contribution in [0, 0.1) is 0 Å². The monoisotopic (exact) mass is 403 g/mol. The first-order chi connectivity index (χ1) is 14.6. The molecule has 3 aromatic rings. The van der Waals surface area contributed by atoms with E-state index in [2.05, 4.69) is 15.6 Å². The van der Waals surface area contributed by atoms with Crippen LogP contribution in [0.1, 0.15) is 35.7 Å². The number of methoxy groups -OCH3 is 1. The lowest BCUT2D eigenvalue weighted by atomic mass is 10.0. The van der Waals surface area contributed by atoms with Gasteiger partial charge in [-0.1, -0.05) is 43.3 Å². The topological polar surface area (TPSA) is 80.3 Å². The number of rotatable bonds is 8. The van der Waals surface area contributed by atoms with Gasteiger partial charge >= 0.3 is 5.97 Å². The Kier molecular flexibility index (Phi) is 7.16. The molecule has 154 valence electrons. The number of aromatic nitrogens is 1. The van der Waals surface area contributed by atoms with E-state index in [-0.39, 0.29) is 11.9 Å². The van der Waals surface area contributed by atoms with Gasteiger partial charge in [0.2, 0.25) is 5.91 Å². The van der Waals surface area contributed by atoms with Crippen LogP contribution in [0.4, 0.5) is 11.5 Å². The Bertz CT molecular complexity index is 1020. The van der Waals surface area contributed by atoms with E-state index in [1.165, 1.54) is 7.11 Å². The molecule has 0 bridgehead atoms. The Morgan fingerprint density at radius 3 is 2.53 bits per heavy atom. The van der Waals surface area contributed by atoms with Gasteiger partial charge in [-0.05, 0) is 47.4 Å². The average molecular weight is 403 g/mol. The smallest absolute Gasteiger partial charge is 0.337 e. The summed E-state index contributed by atoms with van der Waals surface area (Å²) in [6, 6.07) is 19.0. The molecule has 0 aliphatic heterocycles. The third-order valence-electron chi connectivity index (χ3n) is 4.59. The number of carbonyl (C=O) groups excluding carboxylic acids is 2. The SMILES string of the molecule is CCCC(=O)Nc1cccnc1NCc1ccc(-c2cccc(C(=O)OC)c2)cc1. The molecule has 6 heteroatoms. The summed E-state index contributed by atoms with van der Waals surface area (Å²) in [6.07, 6.45) is 2.96. The Balaban J connectivity index is 1.68. The summed E-state index contributed by atoms with van der Waals surface area (Å²) in [6.45, 7) is 2.54. The van der Waals surface area contributed by atoms with Gasteiger partial charge in [0.15, 0.2) is 0 Å². The predicted octanol–water partition coefficient (Wildman–Crippen LogP) is 4.89. The molecule has 1 heterocycles. The normalized spacial score (nSPS) is 10.3. The second kappa shape index (κ2) is 10.2. The molecule has 30 heavy (non-hydrogen) atoms. The number of nitrogens with zero attached hydrogens (tertiary/aromatic N) is 1. The van der Waals surface area contributed by atoms with Crippen LogP contribution in [-0.4, -0.2) is 24.0 Å². The van der Waals surface area contributed by atoms with E-state index in [0.717, 1.165) is 23.1 Å². The summed E-state index contributed by atoms with van der Waals surface area (Å²) in [4.78, 5) is 28.0. The van der Waals surface area contributed by atoms with E-state index in [1.807, 2.05) is 55.5 Å². The molecular formula is C24H25N3O3. The third kappa shape index (κ3) is 5.44. The molecule has 0 spiro atoms. The van der Waals surface area contributed by atoms with E-state index in [9.17, 15) is 9.59 Å². The van der Waals surface area contributed by atoms with E-state index in [1.54, 1.807) is 18.3 Å². The van der Waals surface area contributed by atoms with Gasteiger partial charge in [-0.2, -0.15) is 0 Å². The largest absolute Gasteiger partial charge is 0.465 e. The lowest BCUT2D eigenvalue weighted by Gasteiger charge is -2.12. The molecule has 6 nitrogen and oxygen atoms in total. The molecule has 1 amide bonds. The van der Waals surface area contributed by atoms with Crippen LogP contribution < -0.4 is 10.6 Å². The quantitative estimate of drug-likeness (QED) is 0.524. The van der Waals surface area contributed by atoms with Crippen molar-refractivity contribution in [2.24, 2.45) is 0 Å². The predicted molar refractivity (Wildman–Crippen MR) is 118 cm³/mol. The molecule has 2 N–H and O–H groups in total. The van der Waals surface area contributed by atoms with Crippen LogP contribution in [-0.2, 0) is 16.1 Å². The van der Waals surface area contributed by atoms with E-state index >= 15 is 0 Å². The highest BCUT2D eigenvalue weighted by atomic mass is 16.5. The molecule has 0 aliphatic rings. The molecule has 0 unspecified atom stereocenters. The number of benzene rings is 2. The maximum absolute atomic E-state index is 11.9. The number of hydrogen-bond acceptors (Lipinski definition) is 5. The Morgan fingerprint density at radius 1 is 1.00 bits per heavy atom. The second-order valence-corrected chi connectivity index (χ2v) is 6.82. The van der Waals surface area contributed by atoms with Crippen molar-refractivity contribution in [3.8, 4) is 11.1 Å². The second-order valence-electron chi connectivity index (χ2n) is 6.82. The summed E-state index contributed by atoms with van der Waals surface area (Å²) in [5.74, 6) is 0.263. The molecule has 0 fully saturated rings. The lowest BCUT2D eigenvalue weighted by molar-refractivity contribution is -0.116. The number of amides is 1. The fraction of sp³-hybridized carbons (Fsp3) is 0.208. The van der Waals surface area contributed by atoms with E-state index in [4.69, 9.17) is 4.74 Å². The Morgan fingerprint density at radius 2 is 1.80 bits per heavy atom. The number of carbonyl (C=O) groups is 2. The van der Waals surface area contributed by atoms with Gasteiger partial charge in [0.25, 0.3) is 0 Å². The van der Waals surface area contributed by atoms with Crippen molar-refractivity contribution < 1.29 is 14.3 Å². The minimum Gasteiger partial charge on any atom is -0.465 e. The third-order valence-corrected chi connectivity index (χ3v) is 4.59. The Labute approximate surface area is 176 Å². The molecule has 0 atom stereocenters. The van der Waals surface area contributed by atoms with Crippen molar-refractivity contribution in [2.45, 2.75) is 26.3 Å². The molecule has 1 aromatic heterocycles. The summed E-state index contributed by atoms with van der Waals surface area (Å²) in [5, 5.41) is 6.18. The first-order valence-electron chi connectivity index (χ1n) is 9.87. The van der Waals surface area contributed by atoms with Crippen LogP contribution in [0.5, 0.6) is 0 Å². The summed E-state index contributed by atoms with van der Waals surface area (Å²) >= 11 is 0. The number of anilines is 2. The van der Waals surface area contributed by atoms with Gasteiger partial charge in [-0.25, -0.2) is 9.78 Å². The van der Waals surface area contributed by atoms with E-state index < -0.39 is 0 Å². The van der Waals surface area contributed by atoms with Gasteiger partial charge in [-0.3, -0.25) is 4.79 Å². The maximum atomic E-state index is 11.9. The van der Waals surface area contributed by atoms with Gasteiger partial charge in [0, 0.05) is 19.2 Å². The van der Waals surface area contributed by atoms with Crippen LogP contribution in [0.15, 0.2) is 66.9 Å². The zero-order chi connectivity index (χ0) is 21.3. The van der Waals surface area contributed by atoms with Crippen molar-refractivity contribution in [1.29, 1.82) is 0 Å². The van der Waals surface area contributed by atoms with Crippen molar-refractivity contribution in [3.05, 3.63) is 78.0 Å². The summed E-state index contributed by atoms with van der Waals surface area (Å²) in [7, 11) is 1.37. The van der Waals surface area contributed by atoms with Crippen LogP contribution >= 0.6 is 0 Å². The average Bonchev–Trinajstić information content (AvgIpc) is 2.78. The minimum absolute atomic E-state index is 0.0212. The standard InChI is InChI=1S/C24H25N3O3/c1-3-6-22(28)27-21-9-5-14-25-23(21)26-16-17-10-12-18(13-11-17)19-7-4-8-20(15-19)24(29)30-2/h4-5,7-15H,3,6,16H2,1-2H3,(H,25,26)(H,27,28). The fourth-order valence-corrected chi connectivity index (χ4v) is 3.03. The van der Waals surface area contributed by atoms with Crippen molar-refractivity contribution in [1.82, 2.24) is 4.98 Å². The fourth-order valence-electron chi connectivity index (χ4n) is 3.03. The van der Waals surface area contributed by atoms with Crippen LogP contribution in [0.25, 0.3) is 11.1 Å². The molecular weight excluding hydrogens is 378 g/mol.